The van der Waals surface area contributed by atoms with E-state index < -0.39 is 0 Å². The topological polar surface area (TPSA) is 61.6 Å². The van der Waals surface area contributed by atoms with Crippen LogP contribution in [-0.2, 0) is 6.54 Å². The van der Waals surface area contributed by atoms with Crippen LogP contribution in [0, 0.1) is 6.92 Å². The summed E-state index contributed by atoms with van der Waals surface area (Å²) in [5, 5.41) is 2.85. The molecule has 0 atom stereocenters. The number of amides is 2. The summed E-state index contributed by atoms with van der Waals surface area (Å²) in [7, 11) is 0. The van der Waals surface area contributed by atoms with Gasteiger partial charge in [0.1, 0.15) is 0 Å². The van der Waals surface area contributed by atoms with Crippen molar-refractivity contribution in [3.63, 3.8) is 0 Å². The van der Waals surface area contributed by atoms with Crippen molar-refractivity contribution in [1.29, 1.82) is 0 Å². The zero-order valence-corrected chi connectivity index (χ0v) is 13.2. The van der Waals surface area contributed by atoms with E-state index in [1.165, 1.54) is 5.56 Å². The number of nitrogens with one attached hydrogen (secondary N) is 1. The van der Waals surface area contributed by atoms with Gasteiger partial charge in [-0.2, -0.15) is 0 Å². The van der Waals surface area contributed by atoms with Crippen LogP contribution in [0.4, 0.5) is 4.79 Å². The van der Waals surface area contributed by atoms with Gasteiger partial charge < -0.3 is 14.6 Å². The smallest absolute Gasteiger partial charge is 0.317 e. The van der Waals surface area contributed by atoms with Gasteiger partial charge in [0.15, 0.2) is 5.76 Å². The van der Waals surface area contributed by atoms with Crippen molar-refractivity contribution < 1.29 is 9.21 Å². The molecule has 1 aromatic heterocycles. The van der Waals surface area contributed by atoms with Gasteiger partial charge in [-0.05, 0) is 12.5 Å². The fourth-order valence-electron chi connectivity index (χ4n) is 3.25. The van der Waals surface area contributed by atoms with E-state index in [4.69, 9.17) is 4.42 Å². The van der Waals surface area contributed by atoms with Crippen molar-refractivity contribution in [3.05, 3.63) is 41.9 Å². The molecule has 2 saturated heterocycles. The van der Waals surface area contributed by atoms with Gasteiger partial charge in [0.2, 0.25) is 5.89 Å². The van der Waals surface area contributed by atoms with Crippen molar-refractivity contribution >= 4 is 6.03 Å². The minimum absolute atomic E-state index is 0.0626. The van der Waals surface area contributed by atoms with Gasteiger partial charge in [0.25, 0.3) is 0 Å². The van der Waals surface area contributed by atoms with Crippen LogP contribution < -0.4 is 5.32 Å². The average Bonchev–Trinajstić information content (AvgIpc) is 3.12. The second-order valence-electron chi connectivity index (χ2n) is 6.21. The lowest BCUT2D eigenvalue weighted by molar-refractivity contribution is 0.0526. The first-order valence-corrected chi connectivity index (χ1v) is 7.98. The molecule has 1 aromatic carbocycles. The van der Waals surface area contributed by atoms with Crippen LogP contribution >= 0.6 is 0 Å². The number of carbonyl (C=O) groups is 1. The molecule has 6 nitrogen and oxygen atoms in total. The summed E-state index contributed by atoms with van der Waals surface area (Å²) in [6.07, 6.45) is 1.79. The van der Waals surface area contributed by atoms with Gasteiger partial charge in [-0.25, -0.2) is 9.78 Å². The van der Waals surface area contributed by atoms with E-state index in [1.807, 2.05) is 23.1 Å². The maximum Gasteiger partial charge on any atom is 0.317 e. The molecule has 2 aliphatic rings. The predicted molar refractivity (Wildman–Crippen MR) is 85.8 cm³/mol. The molecule has 0 saturated carbocycles. The Morgan fingerprint density at radius 3 is 2.91 bits per heavy atom. The number of urea groups is 1. The Balaban J connectivity index is 1.36. The number of benzene rings is 1. The van der Waals surface area contributed by atoms with Gasteiger partial charge >= 0.3 is 6.03 Å². The van der Waals surface area contributed by atoms with Crippen LogP contribution in [0.25, 0.3) is 11.3 Å². The molecule has 23 heavy (non-hydrogen) atoms. The van der Waals surface area contributed by atoms with Crippen LogP contribution in [0.5, 0.6) is 0 Å². The molecule has 0 unspecified atom stereocenters. The Hall–Kier alpha value is -2.34. The van der Waals surface area contributed by atoms with Crippen molar-refractivity contribution in [3.8, 4) is 11.3 Å². The number of hydrogen-bond acceptors (Lipinski definition) is 4. The van der Waals surface area contributed by atoms with E-state index in [9.17, 15) is 4.79 Å². The lowest BCUT2D eigenvalue weighted by atomic mass is 10.1. The molecule has 0 spiro atoms. The monoisotopic (exact) mass is 312 g/mol. The van der Waals surface area contributed by atoms with E-state index in [-0.39, 0.29) is 6.03 Å². The Labute approximate surface area is 135 Å². The second-order valence-corrected chi connectivity index (χ2v) is 6.21. The molecule has 3 heterocycles. The van der Waals surface area contributed by atoms with E-state index >= 15 is 0 Å². The van der Waals surface area contributed by atoms with Crippen LogP contribution in [0.3, 0.4) is 0 Å². The first kappa shape index (κ1) is 14.3. The van der Waals surface area contributed by atoms with Gasteiger partial charge in [-0.1, -0.05) is 24.3 Å². The molecular weight excluding hydrogens is 292 g/mol. The highest BCUT2D eigenvalue weighted by atomic mass is 16.4. The van der Waals surface area contributed by atoms with Gasteiger partial charge in [-0.15, -0.1) is 0 Å². The summed E-state index contributed by atoms with van der Waals surface area (Å²) in [5.74, 6) is 1.54. The van der Waals surface area contributed by atoms with E-state index in [1.54, 1.807) is 6.20 Å². The highest BCUT2D eigenvalue weighted by Crippen LogP contribution is 2.25. The summed E-state index contributed by atoms with van der Waals surface area (Å²) in [6.45, 7) is 6.10. The molecule has 0 radical (unpaired) electrons. The van der Waals surface area contributed by atoms with Crippen molar-refractivity contribution in [2.45, 2.75) is 19.5 Å². The lowest BCUT2D eigenvalue weighted by Gasteiger charge is -2.42. The summed E-state index contributed by atoms with van der Waals surface area (Å²) in [4.78, 5) is 20.2. The van der Waals surface area contributed by atoms with E-state index in [2.05, 4.69) is 28.2 Å². The van der Waals surface area contributed by atoms with Gasteiger partial charge in [-0.3, -0.25) is 4.90 Å². The number of carbonyl (C=O) groups excluding carboxylic acids is 1. The Morgan fingerprint density at radius 1 is 1.35 bits per heavy atom. The van der Waals surface area contributed by atoms with Gasteiger partial charge in [0, 0.05) is 31.7 Å². The SMILES string of the molecule is Cc1ccccc1-c1cnc(CN2CC(N3CCNC3=O)C2)o1. The predicted octanol–water partition coefficient (Wildman–Crippen LogP) is 1.86. The molecule has 0 bridgehead atoms. The first-order chi connectivity index (χ1) is 11.2. The summed E-state index contributed by atoms with van der Waals surface area (Å²) in [6, 6.07) is 8.52. The minimum atomic E-state index is 0.0626. The van der Waals surface area contributed by atoms with Gasteiger partial charge in [0.05, 0.1) is 18.8 Å². The maximum absolute atomic E-state index is 11.6. The Morgan fingerprint density at radius 2 is 2.17 bits per heavy atom. The second kappa shape index (κ2) is 5.70. The molecule has 2 amide bonds. The third kappa shape index (κ3) is 2.70. The zero-order valence-electron chi connectivity index (χ0n) is 13.2. The third-order valence-corrected chi connectivity index (χ3v) is 4.59. The van der Waals surface area contributed by atoms with Crippen LogP contribution in [-0.4, -0.2) is 53.0 Å². The van der Waals surface area contributed by atoms with E-state index in [0.29, 0.717) is 12.6 Å². The number of hydrogen-bond donors (Lipinski definition) is 1. The highest BCUT2D eigenvalue weighted by Gasteiger charge is 2.36. The molecule has 120 valence electrons. The molecule has 1 N–H and O–H groups in total. The molecule has 4 rings (SSSR count). The summed E-state index contributed by atoms with van der Waals surface area (Å²) < 4.78 is 5.89. The van der Waals surface area contributed by atoms with Crippen LogP contribution in [0.1, 0.15) is 11.5 Å². The quantitative estimate of drug-likeness (QED) is 0.936. The highest BCUT2D eigenvalue weighted by molar-refractivity contribution is 5.76. The number of nitrogens with zero attached hydrogens (tertiary/aromatic N) is 3. The van der Waals surface area contributed by atoms with Crippen molar-refractivity contribution in [2.24, 2.45) is 0 Å². The number of likely N-dealkylation sites (tertiary alicyclic amines) is 1. The van der Waals surface area contributed by atoms with E-state index in [0.717, 1.165) is 43.4 Å². The van der Waals surface area contributed by atoms with Crippen LogP contribution in [0.2, 0.25) is 0 Å². The standard InChI is InChI=1S/C17H20N4O2/c1-12-4-2-3-5-14(12)15-8-19-16(23-15)11-20-9-13(10-20)21-7-6-18-17(21)22/h2-5,8,13H,6-7,9-11H2,1H3,(H,18,22). The number of aromatic nitrogens is 1. The zero-order chi connectivity index (χ0) is 15.8. The van der Waals surface area contributed by atoms with Crippen molar-refractivity contribution in [2.75, 3.05) is 26.2 Å². The molecule has 0 aliphatic carbocycles. The summed E-state index contributed by atoms with van der Waals surface area (Å²) in [5.41, 5.74) is 2.26. The first-order valence-electron chi connectivity index (χ1n) is 7.98. The lowest BCUT2D eigenvalue weighted by Crippen LogP contribution is -2.59. The third-order valence-electron chi connectivity index (χ3n) is 4.59. The summed E-state index contributed by atoms with van der Waals surface area (Å²) >= 11 is 0. The molecule has 6 heteroatoms. The Kier molecular flexibility index (Phi) is 3.53. The number of oxazole rings is 1. The number of aryl methyl sites for hydroxylation is 1. The normalized spacial score (nSPS) is 19.0. The van der Waals surface area contributed by atoms with Crippen molar-refractivity contribution in [1.82, 2.24) is 20.1 Å². The fourth-order valence-corrected chi connectivity index (χ4v) is 3.25. The average molecular weight is 312 g/mol. The van der Waals surface area contributed by atoms with Crippen LogP contribution in [0.15, 0.2) is 34.9 Å². The molecule has 2 aliphatic heterocycles. The molecule has 2 fully saturated rings. The molecular formula is C17H20N4O2. The molecule has 2 aromatic rings. The number of rotatable bonds is 4. The minimum Gasteiger partial charge on any atom is -0.439 e. The largest absolute Gasteiger partial charge is 0.439 e. The Bertz CT molecular complexity index is 721. The fraction of sp³-hybridized carbons (Fsp3) is 0.412. The maximum atomic E-state index is 11.6.